The van der Waals surface area contributed by atoms with Crippen molar-refractivity contribution >= 4 is 5.96 Å². The Morgan fingerprint density at radius 1 is 1.14 bits per heavy atom. The van der Waals surface area contributed by atoms with E-state index in [1.165, 1.54) is 5.56 Å². The number of hydrogen-bond acceptors (Lipinski definition) is 3. The standard InChI is InChI=1S/C17H30N4O/c1-18-17(19-11-10-16-8-5-4-6-9-16)20-12-14-21(2)13-7-15-22-3/h4-6,8-9H,7,10-15H2,1-3H3,(H2,18,19,20). The van der Waals surface area contributed by atoms with Crippen molar-refractivity contribution in [1.82, 2.24) is 15.5 Å². The molecule has 0 aliphatic carbocycles. The first-order chi connectivity index (χ1) is 10.8. The molecule has 22 heavy (non-hydrogen) atoms. The fourth-order valence-electron chi connectivity index (χ4n) is 2.15. The third-order valence-corrected chi connectivity index (χ3v) is 3.45. The molecule has 0 atom stereocenters. The lowest BCUT2D eigenvalue weighted by molar-refractivity contribution is 0.180. The molecule has 1 rings (SSSR count). The summed E-state index contributed by atoms with van der Waals surface area (Å²) in [5.41, 5.74) is 1.34. The van der Waals surface area contributed by atoms with Crippen LogP contribution in [0, 0.1) is 0 Å². The zero-order valence-electron chi connectivity index (χ0n) is 14.1. The maximum Gasteiger partial charge on any atom is 0.191 e. The Hall–Kier alpha value is -1.59. The average molecular weight is 306 g/mol. The Kier molecular flexibility index (Phi) is 10.1. The molecule has 0 unspecified atom stereocenters. The summed E-state index contributed by atoms with van der Waals surface area (Å²) >= 11 is 0. The van der Waals surface area contributed by atoms with Gasteiger partial charge in [0.25, 0.3) is 0 Å². The predicted molar refractivity (Wildman–Crippen MR) is 93.5 cm³/mol. The molecule has 0 saturated heterocycles. The number of hydrogen-bond donors (Lipinski definition) is 2. The van der Waals surface area contributed by atoms with E-state index in [1.54, 1.807) is 14.2 Å². The van der Waals surface area contributed by atoms with E-state index in [9.17, 15) is 0 Å². The topological polar surface area (TPSA) is 48.9 Å². The number of benzene rings is 1. The molecule has 5 heteroatoms. The summed E-state index contributed by atoms with van der Waals surface area (Å²) in [6.07, 6.45) is 2.06. The number of methoxy groups -OCH3 is 1. The van der Waals surface area contributed by atoms with Crippen molar-refractivity contribution in [2.75, 3.05) is 54.0 Å². The molecule has 5 nitrogen and oxygen atoms in total. The maximum absolute atomic E-state index is 5.06. The largest absolute Gasteiger partial charge is 0.385 e. The van der Waals surface area contributed by atoms with Crippen molar-refractivity contribution in [3.05, 3.63) is 35.9 Å². The Morgan fingerprint density at radius 3 is 2.55 bits per heavy atom. The Morgan fingerprint density at radius 2 is 1.86 bits per heavy atom. The molecule has 1 aromatic rings. The van der Waals surface area contributed by atoms with E-state index in [4.69, 9.17) is 4.74 Å². The van der Waals surface area contributed by atoms with Crippen molar-refractivity contribution in [1.29, 1.82) is 0 Å². The van der Waals surface area contributed by atoms with Crippen molar-refractivity contribution in [3.8, 4) is 0 Å². The highest BCUT2D eigenvalue weighted by Gasteiger charge is 2.00. The lowest BCUT2D eigenvalue weighted by atomic mass is 10.1. The Balaban J connectivity index is 2.12. The molecule has 0 radical (unpaired) electrons. The third-order valence-electron chi connectivity index (χ3n) is 3.45. The van der Waals surface area contributed by atoms with Gasteiger partial charge in [0.05, 0.1) is 0 Å². The Labute approximate surface area is 134 Å². The quantitative estimate of drug-likeness (QED) is 0.389. The van der Waals surface area contributed by atoms with Crippen LogP contribution in [0.2, 0.25) is 0 Å². The van der Waals surface area contributed by atoms with E-state index in [0.717, 1.165) is 51.6 Å². The van der Waals surface area contributed by atoms with Crippen LogP contribution >= 0.6 is 0 Å². The van der Waals surface area contributed by atoms with Crippen LogP contribution in [0.1, 0.15) is 12.0 Å². The highest BCUT2D eigenvalue weighted by molar-refractivity contribution is 5.79. The van der Waals surface area contributed by atoms with Crippen LogP contribution in [0.15, 0.2) is 35.3 Å². The average Bonchev–Trinajstić information content (AvgIpc) is 2.54. The maximum atomic E-state index is 5.06. The number of aliphatic imine (C=N–C) groups is 1. The van der Waals surface area contributed by atoms with Gasteiger partial charge in [-0.1, -0.05) is 30.3 Å². The van der Waals surface area contributed by atoms with Crippen LogP contribution < -0.4 is 10.6 Å². The van der Waals surface area contributed by atoms with Gasteiger partial charge in [0.1, 0.15) is 0 Å². The summed E-state index contributed by atoms with van der Waals surface area (Å²) in [4.78, 5) is 6.54. The van der Waals surface area contributed by atoms with E-state index in [-0.39, 0.29) is 0 Å². The van der Waals surface area contributed by atoms with Gasteiger partial charge in [-0.2, -0.15) is 0 Å². The smallest absolute Gasteiger partial charge is 0.191 e. The molecular formula is C17H30N4O. The summed E-state index contributed by atoms with van der Waals surface area (Å²) < 4.78 is 5.06. The van der Waals surface area contributed by atoms with Crippen LogP contribution in [0.3, 0.4) is 0 Å². The van der Waals surface area contributed by atoms with Gasteiger partial charge < -0.3 is 20.3 Å². The van der Waals surface area contributed by atoms with E-state index < -0.39 is 0 Å². The third kappa shape index (κ3) is 8.64. The number of guanidine groups is 1. The second-order valence-corrected chi connectivity index (χ2v) is 5.31. The minimum atomic E-state index is 0.820. The van der Waals surface area contributed by atoms with Gasteiger partial charge in [0.2, 0.25) is 0 Å². The zero-order chi connectivity index (χ0) is 16.0. The van der Waals surface area contributed by atoms with Crippen LogP contribution in [-0.2, 0) is 11.2 Å². The molecule has 124 valence electrons. The van der Waals surface area contributed by atoms with Crippen LogP contribution in [0.25, 0.3) is 0 Å². The van der Waals surface area contributed by atoms with E-state index in [2.05, 4.69) is 51.8 Å². The van der Waals surface area contributed by atoms with Crippen molar-refractivity contribution in [3.63, 3.8) is 0 Å². The minimum Gasteiger partial charge on any atom is -0.385 e. The highest BCUT2D eigenvalue weighted by atomic mass is 16.5. The molecule has 0 fully saturated rings. The number of likely N-dealkylation sites (N-methyl/N-ethyl adjacent to an activating group) is 1. The van der Waals surface area contributed by atoms with Crippen molar-refractivity contribution in [2.45, 2.75) is 12.8 Å². The second-order valence-electron chi connectivity index (χ2n) is 5.31. The van der Waals surface area contributed by atoms with E-state index >= 15 is 0 Å². The van der Waals surface area contributed by atoms with Gasteiger partial charge in [-0.15, -0.1) is 0 Å². The molecule has 0 bridgehead atoms. The molecule has 0 spiro atoms. The fraction of sp³-hybridized carbons (Fsp3) is 0.588. The van der Waals surface area contributed by atoms with Crippen LogP contribution in [-0.4, -0.2) is 64.9 Å². The lowest BCUT2D eigenvalue weighted by Gasteiger charge is -2.18. The molecule has 0 saturated carbocycles. The SMILES string of the molecule is CN=C(NCCc1ccccc1)NCCN(C)CCCOC. The minimum absolute atomic E-state index is 0.820. The molecule has 0 aliphatic heterocycles. The van der Waals surface area contributed by atoms with Gasteiger partial charge in [-0.3, -0.25) is 4.99 Å². The normalized spacial score (nSPS) is 11.7. The van der Waals surface area contributed by atoms with Gasteiger partial charge in [0.15, 0.2) is 5.96 Å². The monoisotopic (exact) mass is 306 g/mol. The van der Waals surface area contributed by atoms with Crippen LogP contribution in [0.4, 0.5) is 0 Å². The first-order valence-electron chi connectivity index (χ1n) is 7.92. The predicted octanol–water partition coefficient (Wildman–Crippen LogP) is 1.36. The lowest BCUT2D eigenvalue weighted by Crippen LogP contribution is -2.41. The first kappa shape index (κ1) is 18.5. The van der Waals surface area contributed by atoms with Gasteiger partial charge in [-0.05, 0) is 25.5 Å². The van der Waals surface area contributed by atoms with E-state index in [0.29, 0.717) is 0 Å². The first-order valence-corrected chi connectivity index (χ1v) is 7.92. The summed E-state index contributed by atoms with van der Waals surface area (Å²) in [7, 11) is 5.68. The molecule has 0 aromatic heterocycles. The highest BCUT2D eigenvalue weighted by Crippen LogP contribution is 1.97. The summed E-state index contributed by atoms with van der Waals surface area (Å²) in [5.74, 6) is 0.862. The van der Waals surface area contributed by atoms with Gasteiger partial charge >= 0.3 is 0 Å². The van der Waals surface area contributed by atoms with Crippen molar-refractivity contribution in [2.24, 2.45) is 4.99 Å². The molecule has 2 N–H and O–H groups in total. The fourth-order valence-corrected chi connectivity index (χ4v) is 2.15. The van der Waals surface area contributed by atoms with Gasteiger partial charge in [0, 0.05) is 46.9 Å². The molecular weight excluding hydrogens is 276 g/mol. The number of nitrogens with one attached hydrogen (secondary N) is 2. The Bertz CT molecular complexity index is 408. The van der Waals surface area contributed by atoms with E-state index in [1.807, 2.05) is 6.07 Å². The molecule has 0 aliphatic rings. The number of rotatable bonds is 10. The number of nitrogens with zero attached hydrogens (tertiary/aromatic N) is 2. The zero-order valence-corrected chi connectivity index (χ0v) is 14.1. The summed E-state index contributed by atoms with van der Waals surface area (Å²) in [6.45, 7) is 4.63. The molecule has 0 amide bonds. The van der Waals surface area contributed by atoms with Gasteiger partial charge in [-0.25, -0.2) is 0 Å². The molecule has 1 aromatic carbocycles. The molecule has 0 heterocycles. The second kappa shape index (κ2) is 12.0. The summed E-state index contributed by atoms with van der Waals surface area (Å²) in [6, 6.07) is 10.5. The summed E-state index contributed by atoms with van der Waals surface area (Å²) in [5, 5.41) is 6.69. The van der Waals surface area contributed by atoms with Crippen LogP contribution in [0.5, 0.6) is 0 Å². The number of ether oxygens (including phenoxy) is 1. The van der Waals surface area contributed by atoms with Crippen molar-refractivity contribution < 1.29 is 4.74 Å².